The minimum absolute atomic E-state index is 0.0766. The van der Waals surface area contributed by atoms with Crippen LogP contribution in [-0.2, 0) is 4.79 Å². The highest BCUT2D eigenvalue weighted by Gasteiger charge is 2.42. The molecular formula is C17H20FN3O4. The Balaban J connectivity index is 1.73. The third kappa shape index (κ3) is 3.35. The van der Waals surface area contributed by atoms with Gasteiger partial charge in [0.2, 0.25) is 5.91 Å². The van der Waals surface area contributed by atoms with Gasteiger partial charge in [-0.2, -0.15) is 0 Å². The number of aliphatic hydroxyl groups excluding tert-OH is 1. The minimum atomic E-state index is -1.48. The average molecular weight is 349 g/mol. The van der Waals surface area contributed by atoms with Gasteiger partial charge in [0.25, 0.3) is 5.91 Å². The van der Waals surface area contributed by atoms with Crippen molar-refractivity contribution in [3.8, 4) is 0 Å². The van der Waals surface area contributed by atoms with E-state index < -0.39 is 17.5 Å². The number of piperidine rings is 1. The van der Waals surface area contributed by atoms with Crippen LogP contribution in [0, 0.1) is 5.82 Å². The molecule has 1 fully saturated rings. The number of fused-ring (bicyclic) bond motifs is 1. The Bertz CT molecular complexity index is 821. The Labute approximate surface area is 143 Å². The number of β-amino-alcohol motifs (C(OH)–C–C–N with tert-alkyl or cyclic N) is 1. The lowest BCUT2D eigenvalue weighted by molar-refractivity contribution is -0.127. The molecular weight excluding hydrogens is 329 g/mol. The normalized spacial score (nSPS) is 23.7. The largest absolute Gasteiger partial charge is 0.388 e. The number of carbonyl (C=O) groups excluding carboxylic acids is 2. The molecule has 7 nitrogen and oxygen atoms in total. The number of aromatic amines is 1. The second kappa shape index (κ2) is 6.45. The number of aliphatic hydroxyl groups is 2. The fourth-order valence-corrected chi connectivity index (χ4v) is 3.04. The molecule has 134 valence electrons. The molecule has 1 saturated heterocycles. The highest BCUT2D eigenvalue weighted by Crippen LogP contribution is 2.25. The van der Waals surface area contributed by atoms with Crippen molar-refractivity contribution in [2.45, 2.75) is 25.0 Å². The molecule has 0 aliphatic carbocycles. The van der Waals surface area contributed by atoms with Crippen molar-refractivity contribution in [1.82, 2.24) is 15.2 Å². The molecule has 3 rings (SSSR count). The zero-order valence-electron chi connectivity index (χ0n) is 13.8. The van der Waals surface area contributed by atoms with Gasteiger partial charge in [-0.1, -0.05) is 12.1 Å². The molecule has 0 unspecified atom stereocenters. The number of H-pyrrole nitrogens is 1. The number of hydrogen-bond donors (Lipinski definition) is 4. The first-order valence-corrected chi connectivity index (χ1v) is 8.01. The molecule has 0 spiro atoms. The molecule has 2 heterocycles. The third-order valence-corrected chi connectivity index (χ3v) is 4.59. The smallest absolute Gasteiger partial charge is 0.270 e. The summed E-state index contributed by atoms with van der Waals surface area (Å²) < 4.78 is 13.8. The first-order chi connectivity index (χ1) is 11.8. The molecule has 25 heavy (non-hydrogen) atoms. The van der Waals surface area contributed by atoms with Crippen LogP contribution in [0.3, 0.4) is 0 Å². The standard InChI is InChI=1S/C17H20FN3O4/c1-10(22)19-9-17(25)5-6-21(8-14(17)23)16(24)13-7-11-3-2-4-12(18)15(11)20-13/h2-4,7,14,20,23,25H,5-6,8-9H2,1H3,(H,19,22)/t14-,17-/m1/s1. The van der Waals surface area contributed by atoms with E-state index in [9.17, 15) is 24.2 Å². The quantitative estimate of drug-likeness (QED) is 0.643. The molecule has 2 atom stereocenters. The van der Waals surface area contributed by atoms with E-state index in [4.69, 9.17) is 0 Å². The Kier molecular flexibility index (Phi) is 4.49. The van der Waals surface area contributed by atoms with Crippen molar-refractivity contribution in [2.75, 3.05) is 19.6 Å². The van der Waals surface area contributed by atoms with Gasteiger partial charge >= 0.3 is 0 Å². The van der Waals surface area contributed by atoms with Crippen LogP contribution in [0.2, 0.25) is 0 Å². The Morgan fingerprint density at radius 2 is 2.24 bits per heavy atom. The van der Waals surface area contributed by atoms with Crippen molar-refractivity contribution < 1.29 is 24.2 Å². The van der Waals surface area contributed by atoms with E-state index in [1.54, 1.807) is 18.2 Å². The Morgan fingerprint density at radius 1 is 1.48 bits per heavy atom. The highest BCUT2D eigenvalue weighted by atomic mass is 19.1. The molecule has 8 heteroatoms. The van der Waals surface area contributed by atoms with Crippen molar-refractivity contribution >= 4 is 22.7 Å². The summed E-state index contributed by atoms with van der Waals surface area (Å²) >= 11 is 0. The summed E-state index contributed by atoms with van der Waals surface area (Å²) in [7, 11) is 0. The maximum atomic E-state index is 13.8. The minimum Gasteiger partial charge on any atom is -0.388 e. The van der Waals surface area contributed by atoms with Crippen molar-refractivity contribution in [1.29, 1.82) is 0 Å². The molecule has 0 radical (unpaired) electrons. The summed E-state index contributed by atoms with van der Waals surface area (Å²) in [6.45, 7) is 1.38. The zero-order valence-corrected chi connectivity index (χ0v) is 13.8. The molecule has 1 aromatic carbocycles. The maximum Gasteiger partial charge on any atom is 0.270 e. The van der Waals surface area contributed by atoms with E-state index in [0.717, 1.165) is 0 Å². The van der Waals surface area contributed by atoms with E-state index >= 15 is 0 Å². The topological polar surface area (TPSA) is 106 Å². The monoisotopic (exact) mass is 349 g/mol. The van der Waals surface area contributed by atoms with E-state index in [1.165, 1.54) is 17.9 Å². The number of amides is 2. The summed E-state index contributed by atoms with van der Waals surface area (Å²) in [6, 6.07) is 6.13. The number of hydrogen-bond acceptors (Lipinski definition) is 4. The molecule has 4 N–H and O–H groups in total. The average Bonchev–Trinajstić information content (AvgIpc) is 3.01. The van der Waals surface area contributed by atoms with E-state index in [2.05, 4.69) is 10.3 Å². The summed E-state index contributed by atoms with van der Waals surface area (Å²) in [5.74, 6) is -1.13. The van der Waals surface area contributed by atoms with Gasteiger partial charge in [0.1, 0.15) is 23.2 Å². The first-order valence-electron chi connectivity index (χ1n) is 8.01. The zero-order chi connectivity index (χ0) is 18.2. The van der Waals surface area contributed by atoms with Crippen LogP contribution in [0.4, 0.5) is 4.39 Å². The summed E-state index contributed by atoms with van der Waals surface area (Å²) in [5.41, 5.74) is -1.00. The third-order valence-electron chi connectivity index (χ3n) is 4.59. The van der Waals surface area contributed by atoms with Gasteiger partial charge in [-0.15, -0.1) is 0 Å². The molecule has 0 bridgehead atoms. The van der Waals surface area contributed by atoms with Crippen molar-refractivity contribution in [3.63, 3.8) is 0 Å². The lowest BCUT2D eigenvalue weighted by atomic mass is 9.88. The highest BCUT2D eigenvalue weighted by molar-refractivity contribution is 5.98. The van der Waals surface area contributed by atoms with Gasteiger partial charge in [0, 0.05) is 31.9 Å². The second-order valence-corrected chi connectivity index (χ2v) is 6.42. The van der Waals surface area contributed by atoms with E-state index in [-0.39, 0.29) is 49.1 Å². The molecule has 2 aromatic rings. The van der Waals surface area contributed by atoms with Gasteiger partial charge in [-0.3, -0.25) is 9.59 Å². The van der Waals surface area contributed by atoms with Crippen molar-refractivity contribution in [3.05, 3.63) is 35.8 Å². The lowest BCUT2D eigenvalue weighted by Gasteiger charge is -2.41. The number of nitrogens with zero attached hydrogens (tertiary/aromatic N) is 1. The second-order valence-electron chi connectivity index (χ2n) is 6.42. The van der Waals surface area contributed by atoms with Crippen LogP contribution in [0.5, 0.6) is 0 Å². The fraction of sp³-hybridized carbons (Fsp3) is 0.412. The number of halogens is 1. The fourth-order valence-electron chi connectivity index (χ4n) is 3.04. The van der Waals surface area contributed by atoms with E-state index in [1.807, 2.05) is 0 Å². The number of likely N-dealkylation sites (tertiary alicyclic amines) is 1. The van der Waals surface area contributed by atoms with E-state index in [0.29, 0.717) is 5.39 Å². The lowest BCUT2D eigenvalue weighted by Crippen LogP contribution is -2.61. The summed E-state index contributed by atoms with van der Waals surface area (Å²) in [4.78, 5) is 27.8. The number of nitrogens with one attached hydrogen (secondary N) is 2. The predicted molar refractivity (Wildman–Crippen MR) is 88.4 cm³/mol. The maximum absolute atomic E-state index is 13.8. The number of para-hydroxylation sites is 1. The predicted octanol–water partition coefficient (Wildman–Crippen LogP) is 0.381. The van der Waals surface area contributed by atoms with Gasteiger partial charge in [0.05, 0.1) is 5.52 Å². The van der Waals surface area contributed by atoms with Crippen LogP contribution >= 0.6 is 0 Å². The molecule has 2 amide bonds. The van der Waals surface area contributed by atoms with Gasteiger partial charge in [-0.05, 0) is 18.6 Å². The molecule has 1 aliphatic rings. The number of carbonyl (C=O) groups is 2. The number of benzene rings is 1. The van der Waals surface area contributed by atoms with Crippen molar-refractivity contribution in [2.24, 2.45) is 0 Å². The van der Waals surface area contributed by atoms with Crippen LogP contribution in [-0.4, -0.2) is 63.3 Å². The number of rotatable bonds is 3. The molecule has 0 saturated carbocycles. The molecule has 1 aromatic heterocycles. The Morgan fingerprint density at radius 3 is 2.88 bits per heavy atom. The Hall–Kier alpha value is -2.45. The summed E-state index contributed by atoms with van der Waals surface area (Å²) in [6.07, 6.45) is -1.08. The van der Waals surface area contributed by atoms with Gasteiger partial charge in [-0.25, -0.2) is 4.39 Å². The van der Waals surface area contributed by atoms with Crippen LogP contribution < -0.4 is 5.32 Å². The van der Waals surface area contributed by atoms with Crippen LogP contribution in [0.15, 0.2) is 24.3 Å². The SMILES string of the molecule is CC(=O)NC[C@]1(O)CCN(C(=O)c2cc3cccc(F)c3[nH]2)C[C@H]1O. The molecule has 1 aliphatic heterocycles. The first kappa shape index (κ1) is 17.4. The number of aromatic nitrogens is 1. The van der Waals surface area contributed by atoms with Gasteiger partial charge < -0.3 is 25.4 Å². The van der Waals surface area contributed by atoms with Crippen LogP contribution in [0.25, 0.3) is 10.9 Å². The van der Waals surface area contributed by atoms with Crippen LogP contribution in [0.1, 0.15) is 23.8 Å². The summed E-state index contributed by atoms with van der Waals surface area (Å²) in [5, 5.41) is 23.7. The van der Waals surface area contributed by atoms with Gasteiger partial charge in [0.15, 0.2) is 0 Å².